The lowest BCUT2D eigenvalue weighted by Crippen LogP contribution is -2.36. The number of aliphatic hydroxyl groups excluding tert-OH is 1. The molecule has 0 aliphatic carbocycles. The molecule has 0 saturated carbocycles. The predicted molar refractivity (Wildman–Crippen MR) is 73.4 cm³/mol. The van der Waals surface area contributed by atoms with Gasteiger partial charge in [-0.2, -0.15) is 8.78 Å². The van der Waals surface area contributed by atoms with Gasteiger partial charge in [-0.1, -0.05) is 39.0 Å². The Morgan fingerprint density at radius 2 is 1.95 bits per heavy atom. The highest BCUT2D eigenvalue weighted by molar-refractivity contribution is 5.81. The fourth-order valence-electron chi connectivity index (χ4n) is 1.62. The van der Waals surface area contributed by atoms with E-state index in [2.05, 4.69) is 5.32 Å². The van der Waals surface area contributed by atoms with Gasteiger partial charge in [0.25, 0.3) is 5.92 Å². The van der Waals surface area contributed by atoms with E-state index in [4.69, 9.17) is 5.11 Å². The van der Waals surface area contributed by atoms with Crippen LogP contribution in [0.4, 0.5) is 8.78 Å². The molecule has 1 rings (SSSR count). The number of amides is 1. The monoisotopic (exact) mass is 285 g/mol. The van der Waals surface area contributed by atoms with E-state index < -0.39 is 17.9 Å². The summed E-state index contributed by atoms with van der Waals surface area (Å²) in [4.78, 5) is 11.9. The van der Waals surface area contributed by atoms with E-state index in [0.29, 0.717) is 5.56 Å². The number of carbonyl (C=O) groups is 1. The second kappa shape index (κ2) is 5.87. The molecule has 0 radical (unpaired) electrons. The molecule has 0 aromatic heterocycles. The van der Waals surface area contributed by atoms with Crippen molar-refractivity contribution in [1.82, 2.24) is 5.32 Å². The molecule has 0 saturated heterocycles. The van der Waals surface area contributed by atoms with Crippen molar-refractivity contribution in [3.05, 3.63) is 35.4 Å². The molecular formula is C15H21F2NO2. The van der Waals surface area contributed by atoms with Gasteiger partial charge in [0, 0.05) is 11.0 Å². The van der Waals surface area contributed by atoms with Crippen molar-refractivity contribution in [2.24, 2.45) is 5.41 Å². The quantitative estimate of drug-likeness (QED) is 0.893. The number of aliphatic hydroxyl groups is 1. The van der Waals surface area contributed by atoms with E-state index in [9.17, 15) is 13.6 Å². The van der Waals surface area contributed by atoms with Gasteiger partial charge in [0.15, 0.2) is 0 Å². The second-order valence-corrected chi connectivity index (χ2v) is 5.93. The molecular weight excluding hydrogens is 264 g/mol. The lowest BCUT2D eigenvalue weighted by atomic mass is 9.94. The van der Waals surface area contributed by atoms with Gasteiger partial charge in [-0.05, 0) is 18.6 Å². The first kappa shape index (κ1) is 16.6. The highest BCUT2D eigenvalue weighted by Gasteiger charge is 2.31. The largest absolute Gasteiger partial charge is 0.390 e. The lowest BCUT2D eigenvalue weighted by Gasteiger charge is -2.23. The van der Waals surface area contributed by atoms with Crippen LogP contribution in [0.2, 0.25) is 0 Å². The van der Waals surface area contributed by atoms with Crippen LogP contribution in [0.1, 0.15) is 44.9 Å². The number of hydrogen-bond acceptors (Lipinski definition) is 2. The maximum absolute atomic E-state index is 13.4. The van der Waals surface area contributed by atoms with Crippen molar-refractivity contribution in [1.29, 1.82) is 0 Å². The number of rotatable bonds is 4. The zero-order chi connectivity index (χ0) is 15.6. The van der Waals surface area contributed by atoms with Crippen LogP contribution < -0.4 is 5.32 Å². The number of nitrogens with one attached hydrogen (secondary N) is 1. The fraction of sp³-hybridized carbons (Fsp3) is 0.533. The molecule has 0 unspecified atom stereocenters. The number of halogens is 2. The van der Waals surface area contributed by atoms with Gasteiger partial charge in [0.1, 0.15) is 6.61 Å². The third kappa shape index (κ3) is 4.00. The van der Waals surface area contributed by atoms with Crippen molar-refractivity contribution in [2.75, 3.05) is 6.61 Å². The summed E-state index contributed by atoms with van der Waals surface area (Å²) in [5.41, 5.74) is -0.219. The van der Waals surface area contributed by atoms with Gasteiger partial charge in [0.2, 0.25) is 5.91 Å². The Morgan fingerprint density at radius 3 is 2.45 bits per heavy atom. The van der Waals surface area contributed by atoms with E-state index in [1.54, 1.807) is 33.8 Å². The molecule has 1 aromatic rings. The average Bonchev–Trinajstić information content (AvgIpc) is 2.37. The van der Waals surface area contributed by atoms with E-state index in [-0.39, 0.29) is 17.5 Å². The molecule has 0 bridgehead atoms. The first-order valence-electron chi connectivity index (χ1n) is 6.48. The molecule has 20 heavy (non-hydrogen) atoms. The molecule has 1 atom stereocenters. The van der Waals surface area contributed by atoms with Crippen LogP contribution in [-0.4, -0.2) is 17.6 Å². The second-order valence-electron chi connectivity index (χ2n) is 5.93. The molecule has 0 aliphatic heterocycles. The minimum absolute atomic E-state index is 0.149. The van der Waals surface area contributed by atoms with E-state index >= 15 is 0 Å². The van der Waals surface area contributed by atoms with Gasteiger partial charge in [-0.3, -0.25) is 4.79 Å². The number of hydrogen-bond donors (Lipinski definition) is 2. The first-order valence-corrected chi connectivity index (χ1v) is 6.48. The summed E-state index contributed by atoms with van der Waals surface area (Å²) >= 11 is 0. The number of carbonyl (C=O) groups excluding carboxylic acids is 1. The zero-order valence-corrected chi connectivity index (χ0v) is 12.2. The Labute approximate surface area is 118 Å². The maximum atomic E-state index is 13.4. The standard InChI is InChI=1S/C15H21F2NO2/c1-10(18-13(20)14(2,3)4)11-6-5-7-12(8-11)15(16,17)9-19/h5-8,10,19H,9H2,1-4H3,(H,18,20)/t10-/m1/s1. The summed E-state index contributed by atoms with van der Waals surface area (Å²) < 4.78 is 26.9. The van der Waals surface area contributed by atoms with Crippen molar-refractivity contribution < 1.29 is 18.7 Å². The third-order valence-electron chi connectivity index (χ3n) is 3.04. The molecule has 3 nitrogen and oxygen atoms in total. The first-order chi connectivity index (χ1) is 9.08. The van der Waals surface area contributed by atoms with Crippen LogP contribution in [0.5, 0.6) is 0 Å². The Hall–Kier alpha value is -1.49. The molecule has 1 aromatic carbocycles. The predicted octanol–water partition coefficient (Wildman–Crippen LogP) is 2.99. The van der Waals surface area contributed by atoms with Crippen molar-refractivity contribution in [2.45, 2.75) is 39.7 Å². The Bertz CT molecular complexity index is 481. The maximum Gasteiger partial charge on any atom is 0.295 e. The molecule has 5 heteroatoms. The van der Waals surface area contributed by atoms with Crippen molar-refractivity contribution >= 4 is 5.91 Å². The van der Waals surface area contributed by atoms with Crippen LogP contribution in [0, 0.1) is 5.41 Å². The Kier molecular flexibility index (Phi) is 4.86. The minimum atomic E-state index is -3.27. The third-order valence-corrected chi connectivity index (χ3v) is 3.04. The zero-order valence-electron chi connectivity index (χ0n) is 12.2. The minimum Gasteiger partial charge on any atom is -0.390 e. The highest BCUT2D eigenvalue weighted by Crippen LogP contribution is 2.29. The van der Waals surface area contributed by atoms with Crippen LogP contribution in [0.15, 0.2) is 24.3 Å². The normalized spacial score (nSPS) is 13.9. The fourth-order valence-corrected chi connectivity index (χ4v) is 1.62. The number of benzene rings is 1. The lowest BCUT2D eigenvalue weighted by molar-refractivity contribution is -0.129. The SMILES string of the molecule is C[C@@H](NC(=O)C(C)(C)C)c1cccc(C(F)(F)CO)c1. The van der Waals surface area contributed by atoms with Crippen molar-refractivity contribution in [3.63, 3.8) is 0 Å². The molecule has 0 spiro atoms. The Morgan fingerprint density at radius 1 is 1.35 bits per heavy atom. The molecule has 2 N–H and O–H groups in total. The Balaban J connectivity index is 2.93. The summed E-state index contributed by atoms with van der Waals surface area (Å²) in [6.07, 6.45) is 0. The summed E-state index contributed by atoms with van der Waals surface area (Å²) in [7, 11) is 0. The van der Waals surface area contributed by atoms with Crippen LogP contribution >= 0.6 is 0 Å². The van der Waals surface area contributed by atoms with Gasteiger partial charge in [-0.25, -0.2) is 0 Å². The smallest absolute Gasteiger partial charge is 0.295 e. The summed E-state index contributed by atoms with van der Waals surface area (Å²) in [6.45, 7) is 5.85. The van der Waals surface area contributed by atoms with Gasteiger partial charge in [0.05, 0.1) is 6.04 Å². The molecule has 1 amide bonds. The molecule has 0 aliphatic rings. The van der Waals surface area contributed by atoms with E-state index in [1.807, 2.05) is 0 Å². The van der Waals surface area contributed by atoms with E-state index in [0.717, 1.165) is 0 Å². The topological polar surface area (TPSA) is 49.3 Å². The van der Waals surface area contributed by atoms with Gasteiger partial charge < -0.3 is 10.4 Å². The van der Waals surface area contributed by atoms with Crippen LogP contribution in [0.3, 0.4) is 0 Å². The average molecular weight is 285 g/mol. The van der Waals surface area contributed by atoms with Gasteiger partial charge in [-0.15, -0.1) is 0 Å². The van der Waals surface area contributed by atoms with Crippen molar-refractivity contribution in [3.8, 4) is 0 Å². The summed E-state index contributed by atoms with van der Waals surface area (Å²) in [5.74, 6) is -3.42. The van der Waals surface area contributed by atoms with Gasteiger partial charge >= 0.3 is 0 Å². The van der Waals surface area contributed by atoms with E-state index in [1.165, 1.54) is 18.2 Å². The molecule has 112 valence electrons. The number of alkyl halides is 2. The van der Waals surface area contributed by atoms with Crippen LogP contribution in [0.25, 0.3) is 0 Å². The highest BCUT2D eigenvalue weighted by atomic mass is 19.3. The molecule has 0 heterocycles. The molecule has 0 fully saturated rings. The summed E-state index contributed by atoms with van der Waals surface area (Å²) in [6, 6.07) is 5.36. The summed E-state index contributed by atoms with van der Waals surface area (Å²) in [5, 5.41) is 11.5. The van der Waals surface area contributed by atoms with Crippen LogP contribution in [-0.2, 0) is 10.7 Å².